The summed E-state index contributed by atoms with van der Waals surface area (Å²) in [5.41, 5.74) is 2.16. The molecule has 4 rings (SSSR count). The Bertz CT molecular complexity index is 1180. The van der Waals surface area contributed by atoms with E-state index in [1.165, 1.54) is 35.5 Å². The lowest BCUT2D eigenvalue weighted by Crippen LogP contribution is -2.57. The van der Waals surface area contributed by atoms with Gasteiger partial charge in [-0.2, -0.15) is 0 Å². The third-order valence-corrected chi connectivity index (χ3v) is 8.14. The molecule has 0 bridgehead atoms. The lowest BCUT2D eigenvalue weighted by atomic mass is 9.66. The third kappa shape index (κ3) is 5.60. The summed E-state index contributed by atoms with van der Waals surface area (Å²) in [4.78, 5) is 0. The summed E-state index contributed by atoms with van der Waals surface area (Å²) >= 11 is 0. The minimum atomic E-state index is -1.49. The van der Waals surface area contributed by atoms with Crippen molar-refractivity contribution in [2.75, 3.05) is 48.8 Å². The van der Waals surface area contributed by atoms with Crippen molar-refractivity contribution in [1.29, 1.82) is 0 Å². The number of methoxy groups -OCH3 is 5. The highest BCUT2D eigenvalue weighted by molar-refractivity contribution is 5.64. The van der Waals surface area contributed by atoms with Crippen LogP contribution in [0.4, 0.5) is 0 Å². The second-order valence-electron chi connectivity index (χ2n) is 10.3. The normalized spacial score (nSPS) is 29.4. The van der Waals surface area contributed by atoms with Crippen LogP contribution in [-0.4, -0.2) is 105 Å². The van der Waals surface area contributed by atoms with Gasteiger partial charge in [-0.05, 0) is 54.5 Å². The van der Waals surface area contributed by atoms with E-state index in [1.54, 1.807) is 25.1 Å². The highest BCUT2D eigenvalue weighted by atomic mass is 16.7. The van der Waals surface area contributed by atoms with Gasteiger partial charge in [0, 0.05) is 18.1 Å². The molecule has 1 aliphatic heterocycles. The predicted molar refractivity (Wildman–Crippen MR) is 145 cm³/mol. The zero-order valence-electron chi connectivity index (χ0n) is 24.1. The van der Waals surface area contributed by atoms with Crippen LogP contribution in [0.15, 0.2) is 18.2 Å². The van der Waals surface area contributed by atoms with E-state index in [4.69, 9.17) is 33.2 Å². The summed E-state index contributed by atoms with van der Waals surface area (Å²) in [6.07, 6.45) is -5.83. The maximum absolute atomic E-state index is 11.0. The maximum Gasteiger partial charge on any atom is 0.203 e. The van der Waals surface area contributed by atoms with Gasteiger partial charge in [-0.25, -0.2) is 0 Å². The van der Waals surface area contributed by atoms with Gasteiger partial charge in [0.2, 0.25) is 11.5 Å². The molecule has 0 spiro atoms. The summed E-state index contributed by atoms with van der Waals surface area (Å²) in [6, 6.07) is 5.31. The van der Waals surface area contributed by atoms with Gasteiger partial charge in [0.1, 0.15) is 18.3 Å². The molecule has 0 radical (unpaired) electrons. The highest BCUT2D eigenvalue weighted by Gasteiger charge is 2.45. The van der Waals surface area contributed by atoms with Gasteiger partial charge in [-0.1, -0.05) is 0 Å². The fraction of sp³-hybridized carbons (Fsp3) is 0.586. The standard InChI is InChI=1S/C29H40O12/c1-13-23(31)25(33)26(34)29(41-13)40-12-17-16(11-30)7-14-8-18(35-2)24(32)28(39-6)22(14)21(17)15-9-19(36-3)27(38-5)20(10-15)37-4/h8-10,13,16-17,21,23,25-26,29-34H,7,11-12H2,1-6H3/t13-,16-,17-,21+,23-,25+,26+,29-/m0/s1. The van der Waals surface area contributed by atoms with Crippen LogP contribution >= 0.6 is 0 Å². The summed E-state index contributed by atoms with van der Waals surface area (Å²) < 4.78 is 39.6. The molecule has 41 heavy (non-hydrogen) atoms. The van der Waals surface area contributed by atoms with Crippen LogP contribution in [-0.2, 0) is 15.9 Å². The molecule has 2 aliphatic rings. The van der Waals surface area contributed by atoms with Crippen molar-refractivity contribution in [3.8, 4) is 34.5 Å². The molecule has 1 fully saturated rings. The Labute approximate surface area is 238 Å². The molecule has 0 saturated carbocycles. The summed E-state index contributed by atoms with van der Waals surface area (Å²) in [5.74, 6) is 0.120. The molecule has 2 aromatic rings. The third-order valence-electron chi connectivity index (χ3n) is 8.14. The van der Waals surface area contributed by atoms with E-state index in [1.807, 2.05) is 0 Å². The molecular weight excluding hydrogens is 540 g/mol. The van der Waals surface area contributed by atoms with Gasteiger partial charge in [-0.3, -0.25) is 0 Å². The van der Waals surface area contributed by atoms with Gasteiger partial charge in [-0.15, -0.1) is 0 Å². The zero-order valence-corrected chi connectivity index (χ0v) is 24.1. The molecule has 0 amide bonds. The molecule has 1 heterocycles. The van der Waals surface area contributed by atoms with Crippen LogP contribution in [0.3, 0.4) is 0 Å². The summed E-state index contributed by atoms with van der Waals surface area (Å²) in [7, 11) is 7.41. The lowest BCUT2D eigenvalue weighted by molar-refractivity contribution is -0.296. The molecule has 1 saturated heterocycles. The Balaban J connectivity index is 1.87. The van der Waals surface area contributed by atoms with Crippen molar-refractivity contribution in [3.63, 3.8) is 0 Å². The van der Waals surface area contributed by atoms with E-state index in [9.17, 15) is 25.5 Å². The van der Waals surface area contributed by atoms with Crippen LogP contribution in [0.2, 0.25) is 0 Å². The number of phenolic OH excluding ortho intramolecular Hbond substituents is 1. The largest absolute Gasteiger partial charge is 0.502 e. The Morgan fingerprint density at radius 2 is 1.41 bits per heavy atom. The Hall–Kier alpha value is -3.00. The van der Waals surface area contributed by atoms with Crippen molar-refractivity contribution < 1.29 is 58.7 Å². The average molecular weight is 581 g/mol. The number of benzene rings is 2. The first kappa shape index (κ1) is 30.9. The van der Waals surface area contributed by atoms with Gasteiger partial charge < -0.3 is 58.7 Å². The van der Waals surface area contributed by atoms with Crippen molar-refractivity contribution >= 4 is 0 Å². The number of hydrogen-bond acceptors (Lipinski definition) is 12. The number of fused-ring (bicyclic) bond motifs is 1. The zero-order chi connectivity index (χ0) is 30.0. The molecule has 12 nitrogen and oxygen atoms in total. The predicted octanol–water partition coefficient (Wildman–Crippen LogP) is 1.19. The minimum absolute atomic E-state index is 0.0286. The van der Waals surface area contributed by atoms with Gasteiger partial charge >= 0.3 is 0 Å². The highest BCUT2D eigenvalue weighted by Crippen LogP contribution is 2.54. The smallest absolute Gasteiger partial charge is 0.203 e. The van der Waals surface area contributed by atoms with E-state index in [-0.39, 0.29) is 36.4 Å². The topological polar surface area (TPSA) is 166 Å². The van der Waals surface area contributed by atoms with Crippen molar-refractivity contribution in [2.24, 2.45) is 11.8 Å². The molecule has 0 aromatic heterocycles. The van der Waals surface area contributed by atoms with Crippen LogP contribution in [0.25, 0.3) is 0 Å². The quantitative estimate of drug-likeness (QED) is 0.273. The molecule has 1 aliphatic carbocycles. The second-order valence-corrected chi connectivity index (χ2v) is 10.3. The Morgan fingerprint density at radius 1 is 0.805 bits per heavy atom. The van der Waals surface area contributed by atoms with Crippen LogP contribution in [0.5, 0.6) is 34.5 Å². The fourth-order valence-electron chi connectivity index (χ4n) is 5.97. The van der Waals surface area contributed by atoms with E-state index in [0.29, 0.717) is 34.8 Å². The lowest BCUT2D eigenvalue weighted by Gasteiger charge is -2.43. The molecule has 5 N–H and O–H groups in total. The van der Waals surface area contributed by atoms with E-state index >= 15 is 0 Å². The first-order valence-electron chi connectivity index (χ1n) is 13.3. The molecule has 228 valence electrons. The molecule has 12 heteroatoms. The second kappa shape index (κ2) is 12.9. The van der Waals surface area contributed by atoms with Crippen LogP contribution in [0.1, 0.15) is 29.5 Å². The molecule has 8 atom stereocenters. The SMILES string of the molecule is COc1cc2c(c(OC)c1O)[C@H](c1cc(OC)c(OC)c(OC)c1)[C@@H](CO[C@H]1O[C@@H](C)[C@H](O)[C@@H](O)[C@H]1O)[C@H](CO)C2. The van der Waals surface area contributed by atoms with Gasteiger partial charge in [0.15, 0.2) is 29.3 Å². The summed E-state index contributed by atoms with van der Waals surface area (Å²) in [5, 5.41) is 52.6. The Morgan fingerprint density at radius 3 is 1.95 bits per heavy atom. The number of ether oxygens (including phenoxy) is 7. The first-order valence-corrected chi connectivity index (χ1v) is 13.3. The van der Waals surface area contributed by atoms with Gasteiger partial charge in [0.05, 0.1) is 48.3 Å². The van der Waals surface area contributed by atoms with Gasteiger partial charge in [0.25, 0.3) is 0 Å². The Kier molecular flexibility index (Phi) is 9.73. The number of aliphatic hydroxyl groups excluding tert-OH is 4. The molecular formula is C29H40O12. The number of aromatic hydroxyl groups is 1. The number of aliphatic hydroxyl groups is 4. The summed E-state index contributed by atoms with van der Waals surface area (Å²) in [6.45, 7) is 1.34. The maximum atomic E-state index is 11.0. The molecule has 0 unspecified atom stereocenters. The average Bonchev–Trinajstić information content (AvgIpc) is 2.99. The van der Waals surface area contributed by atoms with E-state index < -0.39 is 42.5 Å². The van der Waals surface area contributed by atoms with E-state index in [2.05, 4.69) is 0 Å². The first-order chi connectivity index (χ1) is 19.6. The van der Waals surface area contributed by atoms with Crippen molar-refractivity contribution in [2.45, 2.75) is 50.0 Å². The number of phenols is 1. The van der Waals surface area contributed by atoms with E-state index in [0.717, 1.165) is 5.56 Å². The number of hydrogen-bond donors (Lipinski definition) is 5. The molecule has 2 aromatic carbocycles. The fourth-order valence-corrected chi connectivity index (χ4v) is 5.97. The minimum Gasteiger partial charge on any atom is -0.502 e. The van der Waals surface area contributed by atoms with Crippen molar-refractivity contribution in [3.05, 3.63) is 34.9 Å². The van der Waals surface area contributed by atoms with Crippen LogP contribution < -0.4 is 23.7 Å². The van der Waals surface area contributed by atoms with Crippen LogP contribution in [0, 0.1) is 11.8 Å². The monoisotopic (exact) mass is 580 g/mol. The van der Waals surface area contributed by atoms with Crippen molar-refractivity contribution in [1.82, 2.24) is 0 Å². The number of rotatable bonds is 10.